The zero-order valence-electron chi connectivity index (χ0n) is 11.9. The second-order valence-electron chi connectivity index (χ2n) is 4.63. The Kier molecular flexibility index (Phi) is 9.91. The monoisotopic (exact) mass is 274 g/mol. The molecule has 0 aliphatic heterocycles. The minimum atomic E-state index is -1.46. The van der Waals surface area contributed by atoms with Gasteiger partial charge in [-0.1, -0.05) is 6.58 Å². The number of hydrogen-bond acceptors (Lipinski definition) is 4. The third-order valence-corrected chi connectivity index (χ3v) is 5.07. The van der Waals surface area contributed by atoms with Gasteiger partial charge in [0.05, 0.1) is 6.61 Å². The maximum atomic E-state index is 10.7. The molecule has 0 aromatic carbocycles. The summed E-state index contributed by atoms with van der Waals surface area (Å²) in [5, 5.41) is 0. The fourth-order valence-electron chi connectivity index (χ4n) is 1.56. The SMILES string of the molecule is C=CC(=O)OCCCOCCC[Si](C)(C)OCC. The molecule has 0 bridgehead atoms. The lowest BCUT2D eigenvalue weighted by molar-refractivity contribution is -0.138. The highest BCUT2D eigenvalue weighted by atomic mass is 28.4. The Hall–Kier alpha value is -0.653. The highest BCUT2D eigenvalue weighted by Crippen LogP contribution is 2.13. The topological polar surface area (TPSA) is 44.8 Å². The van der Waals surface area contributed by atoms with E-state index in [1.165, 1.54) is 6.08 Å². The first-order valence-electron chi connectivity index (χ1n) is 6.52. The molecule has 4 nitrogen and oxygen atoms in total. The molecule has 0 aliphatic rings. The molecule has 0 atom stereocenters. The zero-order chi connectivity index (χ0) is 13.9. The first-order chi connectivity index (χ1) is 8.52. The maximum Gasteiger partial charge on any atom is 0.330 e. The average molecular weight is 274 g/mol. The number of rotatable bonds is 11. The predicted molar refractivity (Wildman–Crippen MR) is 75.1 cm³/mol. The summed E-state index contributed by atoms with van der Waals surface area (Å²) >= 11 is 0. The van der Waals surface area contributed by atoms with Crippen LogP contribution >= 0.6 is 0 Å². The largest absolute Gasteiger partial charge is 0.462 e. The Balaban J connectivity index is 3.31. The molecule has 0 radical (unpaired) electrons. The van der Waals surface area contributed by atoms with Crippen LogP contribution in [0.25, 0.3) is 0 Å². The predicted octanol–water partition coefficient (Wildman–Crippen LogP) is 2.75. The number of ether oxygens (including phenoxy) is 2. The molecule has 0 aromatic heterocycles. The zero-order valence-corrected chi connectivity index (χ0v) is 12.9. The second kappa shape index (κ2) is 10.3. The maximum absolute atomic E-state index is 10.7. The van der Waals surface area contributed by atoms with E-state index >= 15 is 0 Å². The van der Waals surface area contributed by atoms with E-state index in [1.807, 2.05) is 6.92 Å². The summed E-state index contributed by atoms with van der Waals surface area (Å²) in [6, 6.07) is 1.12. The van der Waals surface area contributed by atoms with Crippen LogP contribution in [-0.4, -0.2) is 40.7 Å². The molecule has 0 heterocycles. The van der Waals surface area contributed by atoms with Gasteiger partial charge in [-0.05, 0) is 32.5 Å². The minimum Gasteiger partial charge on any atom is -0.462 e. The van der Waals surface area contributed by atoms with Gasteiger partial charge in [-0.25, -0.2) is 4.79 Å². The van der Waals surface area contributed by atoms with Crippen molar-refractivity contribution in [2.24, 2.45) is 0 Å². The molecule has 0 unspecified atom stereocenters. The molecule has 0 amide bonds. The van der Waals surface area contributed by atoms with E-state index in [-0.39, 0.29) is 5.97 Å². The van der Waals surface area contributed by atoms with Gasteiger partial charge < -0.3 is 13.9 Å². The van der Waals surface area contributed by atoms with E-state index in [1.54, 1.807) is 0 Å². The Morgan fingerprint density at radius 3 is 2.50 bits per heavy atom. The van der Waals surface area contributed by atoms with Crippen molar-refractivity contribution in [3.63, 3.8) is 0 Å². The van der Waals surface area contributed by atoms with E-state index in [0.29, 0.717) is 13.2 Å². The number of esters is 1. The standard InChI is InChI=1S/C13H26O4Si/c1-5-13(14)16-11-7-9-15-10-8-12-18(3,4)17-6-2/h5H,1,6-12H2,2-4H3. The Morgan fingerprint density at radius 2 is 1.89 bits per heavy atom. The molecule has 18 heavy (non-hydrogen) atoms. The molecule has 106 valence electrons. The third kappa shape index (κ3) is 10.5. The fourth-order valence-corrected chi connectivity index (χ4v) is 3.48. The van der Waals surface area contributed by atoms with Crippen LogP contribution < -0.4 is 0 Å². The number of carbonyl (C=O) groups excluding carboxylic acids is 1. The molecule has 5 heteroatoms. The van der Waals surface area contributed by atoms with Gasteiger partial charge in [0.1, 0.15) is 0 Å². The Bertz CT molecular complexity index is 241. The van der Waals surface area contributed by atoms with E-state index in [9.17, 15) is 4.79 Å². The lowest BCUT2D eigenvalue weighted by Gasteiger charge is -2.21. The van der Waals surface area contributed by atoms with Crippen molar-refractivity contribution in [1.82, 2.24) is 0 Å². The lowest BCUT2D eigenvalue weighted by atomic mass is 10.5. The highest BCUT2D eigenvalue weighted by Gasteiger charge is 2.20. The minimum absolute atomic E-state index is 0.375. The van der Waals surface area contributed by atoms with Crippen molar-refractivity contribution in [3.05, 3.63) is 12.7 Å². The summed E-state index contributed by atoms with van der Waals surface area (Å²) in [6.07, 6.45) is 2.93. The van der Waals surface area contributed by atoms with Gasteiger partial charge in [-0.2, -0.15) is 0 Å². The molecule has 0 saturated carbocycles. The van der Waals surface area contributed by atoms with E-state index in [2.05, 4.69) is 19.7 Å². The quantitative estimate of drug-likeness (QED) is 0.251. The van der Waals surface area contributed by atoms with Crippen LogP contribution in [0.5, 0.6) is 0 Å². The van der Waals surface area contributed by atoms with Gasteiger partial charge in [-0.3, -0.25) is 0 Å². The van der Waals surface area contributed by atoms with Crippen LogP contribution in [0.2, 0.25) is 19.1 Å². The first-order valence-corrected chi connectivity index (χ1v) is 9.64. The fraction of sp³-hybridized carbons (Fsp3) is 0.769. The van der Waals surface area contributed by atoms with Crippen LogP contribution in [0, 0.1) is 0 Å². The second-order valence-corrected chi connectivity index (χ2v) is 8.94. The van der Waals surface area contributed by atoms with Crippen LogP contribution in [0.4, 0.5) is 0 Å². The molecule has 0 rings (SSSR count). The lowest BCUT2D eigenvalue weighted by Crippen LogP contribution is -2.30. The first kappa shape index (κ1) is 17.3. The normalized spacial score (nSPS) is 11.3. The molecule has 0 fully saturated rings. The summed E-state index contributed by atoms with van der Waals surface area (Å²) < 4.78 is 16.0. The molecule has 0 saturated heterocycles. The van der Waals surface area contributed by atoms with E-state index in [4.69, 9.17) is 13.9 Å². The summed E-state index contributed by atoms with van der Waals surface area (Å²) in [5.74, 6) is -0.375. The Morgan fingerprint density at radius 1 is 1.22 bits per heavy atom. The number of carbonyl (C=O) groups is 1. The van der Waals surface area contributed by atoms with Gasteiger partial charge in [-0.15, -0.1) is 0 Å². The van der Waals surface area contributed by atoms with Crippen LogP contribution in [0.15, 0.2) is 12.7 Å². The van der Waals surface area contributed by atoms with Gasteiger partial charge in [0, 0.05) is 32.3 Å². The van der Waals surface area contributed by atoms with Gasteiger partial charge in [0.15, 0.2) is 8.32 Å². The third-order valence-electron chi connectivity index (χ3n) is 2.45. The van der Waals surface area contributed by atoms with Crippen molar-refractivity contribution < 1.29 is 18.7 Å². The molecule has 0 aromatic rings. The number of hydrogen-bond donors (Lipinski definition) is 0. The van der Waals surface area contributed by atoms with Crippen molar-refractivity contribution in [2.45, 2.75) is 38.9 Å². The van der Waals surface area contributed by atoms with Gasteiger partial charge in [0.25, 0.3) is 0 Å². The van der Waals surface area contributed by atoms with Crippen molar-refractivity contribution in [3.8, 4) is 0 Å². The van der Waals surface area contributed by atoms with Crippen LogP contribution in [-0.2, 0) is 18.7 Å². The molecular weight excluding hydrogens is 248 g/mol. The van der Waals surface area contributed by atoms with E-state index < -0.39 is 8.32 Å². The van der Waals surface area contributed by atoms with Crippen molar-refractivity contribution in [1.29, 1.82) is 0 Å². The van der Waals surface area contributed by atoms with Crippen LogP contribution in [0.1, 0.15) is 19.8 Å². The van der Waals surface area contributed by atoms with Gasteiger partial charge >= 0.3 is 5.97 Å². The van der Waals surface area contributed by atoms with E-state index in [0.717, 1.165) is 32.1 Å². The Labute approximate surface area is 111 Å². The van der Waals surface area contributed by atoms with Crippen LogP contribution in [0.3, 0.4) is 0 Å². The summed E-state index contributed by atoms with van der Waals surface area (Å²) in [4.78, 5) is 10.7. The molecule has 0 spiro atoms. The smallest absolute Gasteiger partial charge is 0.330 e. The molecule has 0 N–H and O–H groups in total. The summed E-state index contributed by atoms with van der Waals surface area (Å²) in [6.45, 7) is 12.4. The van der Waals surface area contributed by atoms with Gasteiger partial charge in [0.2, 0.25) is 0 Å². The summed E-state index contributed by atoms with van der Waals surface area (Å²) in [7, 11) is -1.46. The highest BCUT2D eigenvalue weighted by molar-refractivity contribution is 6.71. The summed E-state index contributed by atoms with van der Waals surface area (Å²) in [5.41, 5.74) is 0. The average Bonchev–Trinajstić information content (AvgIpc) is 2.32. The molecular formula is C13H26O4Si. The molecule has 0 aliphatic carbocycles. The van der Waals surface area contributed by atoms with Crippen molar-refractivity contribution in [2.75, 3.05) is 26.4 Å². The van der Waals surface area contributed by atoms with Crippen molar-refractivity contribution >= 4 is 14.3 Å².